The summed E-state index contributed by atoms with van der Waals surface area (Å²) in [5.41, 5.74) is 4.14. The summed E-state index contributed by atoms with van der Waals surface area (Å²) < 4.78 is 7.11. The molecule has 0 unspecified atom stereocenters. The third-order valence-corrected chi connectivity index (χ3v) is 5.60. The number of carbonyl (C=O) groups excluding carboxylic acids is 1. The van der Waals surface area contributed by atoms with E-state index in [1.54, 1.807) is 12.5 Å². The second-order valence-electron chi connectivity index (χ2n) is 6.38. The molecule has 3 heterocycles. The van der Waals surface area contributed by atoms with Gasteiger partial charge in [-0.05, 0) is 31.0 Å². The number of furan rings is 1. The van der Waals surface area contributed by atoms with Crippen molar-refractivity contribution in [2.24, 2.45) is 0 Å². The Bertz CT molecular complexity index is 951. The van der Waals surface area contributed by atoms with Crippen molar-refractivity contribution in [1.29, 1.82) is 0 Å². The molecule has 0 aliphatic carbocycles. The van der Waals surface area contributed by atoms with Gasteiger partial charge in [0, 0.05) is 20.1 Å². The zero-order valence-corrected chi connectivity index (χ0v) is 16.1. The maximum Gasteiger partial charge on any atom is 0.234 e. The van der Waals surface area contributed by atoms with Crippen LogP contribution >= 0.6 is 11.8 Å². The highest BCUT2D eigenvalue weighted by molar-refractivity contribution is 7.99. The van der Waals surface area contributed by atoms with Gasteiger partial charge in [-0.25, -0.2) is 0 Å². The summed E-state index contributed by atoms with van der Waals surface area (Å²) in [7, 11) is 2.05. The molecule has 7 nitrogen and oxygen atoms in total. The fraction of sp³-hybridized carbons (Fsp3) is 0.316. The maximum atomic E-state index is 12.5. The first kappa shape index (κ1) is 17.7. The van der Waals surface area contributed by atoms with E-state index < -0.39 is 0 Å². The Morgan fingerprint density at radius 1 is 1.33 bits per heavy atom. The molecule has 140 valence electrons. The Hall–Kier alpha value is -2.74. The predicted molar refractivity (Wildman–Crippen MR) is 106 cm³/mol. The standard InChI is InChI=1S/C19H21N5O2S/c1-3-24-18(14-8-10-26-11-14)21-22-19(24)27-12-16(25)20-15-6-4-5-13-7-9-23(2)17(13)15/h4-6,8,10-11H,3,7,9,12H2,1-2H3,(H,20,25). The molecular weight excluding hydrogens is 362 g/mol. The quantitative estimate of drug-likeness (QED) is 0.659. The third kappa shape index (κ3) is 3.44. The van der Waals surface area contributed by atoms with E-state index in [0.29, 0.717) is 6.54 Å². The van der Waals surface area contributed by atoms with Crippen molar-refractivity contribution in [2.75, 3.05) is 29.6 Å². The zero-order chi connectivity index (χ0) is 18.8. The summed E-state index contributed by atoms with van der Waals surface area (Å²) >= 11 is 1.38. The molecule has 1 aromatic carbocycles. The zero-order valence-electron chi connectivity index (χ0n) is 15.3. The van der Waals surface area contributed by atoms with Crippen LogP contribution in [0.15, 0.2) is 46.4 Å². The molecule has 1 aliphatic heterocycles. The first-order chi connectivity index (χ1) is 13.2. The van der Waals surface area contributed by atoms with E-state index >= 15 is 0 Å². The number of likely N-dealkylation sites (N-methyl/N-ethyl adjacent to an activating group) is 1. The minimum absolute atomic E-state index is 0.0517. The van der Waals surface area contributed by atoms with Gasteiger partial charge in [-0.15, -0.1) is 10.2 Å². The number of nitrogens with one attached hydrogen (secondary N) is 1. The Labute approximate surface area is 161 Å². The summed E-state index contributed by atoms with van der Waals surface area (Å²) in [6, 6.07) is 7.91. The number of fused-ring (bicyclic) bond motifs is 1. The van der Waals surface area contributed by atoms with E-state index in [4.69, 9.17) is 4.42 Å². The average molecular weight is 383 g/mol. The van der Waals surface area contributed by atoms with E-state index in [2.05, 4.69) is 33.5 Å². The van der Waals surface area contributed by atoms with Crippen molar-refractivity contribution in [3.8, 4) is 11.4 Å². The van der Waals surface area contributed by atoms with Gasteiger partial charge in [0.2, 0.25) is 5.91 Å². The van der Waals surface area contributed by atoms with Crippen LogP contribution in [0.4, 0.5) is 11.4 Å². The van der Waals surface area contributed by atoms with Crippen LogP contribution in [-0.4, -0.2) is 40.0 Å². The average Bonchev–Trinajstić information content (AvgIpc) is 3.40. The Morgan fingerprint density at radius 3 is 3.00 bits per heavy atom. The molecule has 0 spiro atoms. The lowest BCUT2D eigenvalue weighted by Crippen LogP contribution is -2.19. The van der Waals surface area contributed by atoms with Crippen LogP contribution in [0.2, 0.25) is 0 Å². The molecule has 0 saturated heterocycles. The van der Waals surface area contributed by atoms with E-state index in [1.165, 1.54) is 17.3 Å². The van der Waals surface area contributed by atoms with Crippen LogP contribution in [-0.2, 0) is 17.8 Å². The lowest BCUT2D eigenvalue weighted by molar-refractivity contribution is -0.113. The molecule has 8 heteroatoms. The monoisotopic (exact) mass is 383 g/mol. The summed E-state index contributed by atoms with van der Waals surface area (Å²) in [4.78, 5) is 14.7. The van der Waals surface area contributed by atoms with Crippen LogP contribution in [0.1, 0.15) is 12.5 Å². The van der Waals surface area contributed by atoms with Crippen molar-refractivity contribution in [3.05, 3.63) is 42.4 Å². The normalized spacial score (nSPS) is 13.0. The van der Waals surface area contributed by atoms with Crippen LogP contribution in [0.5, 0.6) is 0 Å². The molecule has 3 aromatic rings. The smallest absolute Gasteiger partial charge is 0.234 e. The summed E-state index contributed by atoms with van der Waals surface area (Å²) in [6.07, 6.45) is 4.27. The second-order valence-corrected chi connectivity index (χ2v) is 7.33. The first-order valence-electron chi connectivity index (χ1n) is 8.88. The number of nitrogens with zero attached hydrogens (tertiary/aromatic N) is 4. The number of rotatable bonds is 6. The van der Waals surface area contributed by atoms with E-state index in [0.717, 1.165) is 40.9 Å². The Kier molecular flexibility index (Phi) is 4.89. The highest BCUT2D eigenvalue weighted by atomic mass is 32.2. The summed E-state index contributed by atoms with van der Waals surface area (Å²) in [5.74, 6) is 0.970. The van der Waals surface area contributed by atoms with Gasteiger partial charge in [0.15, 0.2) is 11.0 Å². The number of carbonyl (C=O) groups is 1. The van der Waals surface area contributed by atoms with Crippen molar-refractivity contribution in [2.45, 2.75) is 25.0 Å². The number of para-hydroxylation sites is 1. The molecular formula is C19H21N5O2S. The minimum Gasteiger partial charge on any atom is -0.472 e. The highest BCUT2D eigenvalue weighted by Gasteiger charge is 2.21. The predicted octanol–water partition coefficient (Wildman–Crippen LogP) is 3.28. The lowest BCUT2D eigenvalue weighted by Gasteiger charge is -2.17. The number of amides is 1. The fourth-order valence-corrected chi connectivity index (χ4v) is 4.15. The minimum atomic E-state index is -0.0517. The molecule has 1 N–H and O–H groups in total. The van der Waals surface area contributed by atoms with Crippen molar-refractivity contribution >= 4 is 29.0 Å². The van der Waals surface area contributed by atoms with Gasteiger partial charge in [0.05, 0.1) is 29.0 Å². The van der Waals surface area contributed by atoms with Gasteiger partial charge < -0.3 is 19.2 Å². The van der Waals surface area contributed by atoms with E-state index in [-0.39, 0.29) is 11.7 Å². The molecule has 0 fully saturated rings. The van der Waals surface area contributed by atoms with Crippen LogP contribution in [0, 0.1) is 0 Å². The van der Waals surface area contributed by atoms with Crippen molar-refractivity contribution in [1.82, 2.24) is 14.8 Å². The number of aromatic nitrogens is 3. The molecule has 27 heavy (non-hydrogen) atoms. The number of thioether (sulfide) groups is 1. The molecule has 1 amide bonds. The fourth-order valence-electron chi connectivity index (χ4n) is 3.35. The van der Waals surface area contributed by atoms with Crippen molar-refractivity contribution in [3.63, 3.8) is 0 Å². The molecule has 0 radical (unpaired) electrons. The van der Waals surface area contributed by atoms with Gasteiger partial charge in [0.1, 0.15) is 6.26 Å². The molecule has 0 bridgehead atoms. The van der Waals surface area contributed by atoms with Gasteiger partial charge >= 0.3 is 0 Å². The van der Waals surface area contributed by atoms with E-state index in [1.807, 2.05) is 29.7 Å². The number of benzene rings is 1. The lowest BCUT2D eigenvalue weighted by atomic mass is 10.1. The maximum absolute atomic E-state index is 12.5. The summed E-state index contributed by atoms with van der Waals surface area (Å²) in [6.45, 7) is 3.72. The van der Waals surface area contributed by atoms with E-state index in [9.17, 15) is 4.79 Å². The van der Waals surface area contributed by atoms with Gasteiger partial charge in [0.25, 0.3) is 0 Å². The molecule has 2 aromatic heterocycles. The topological polar surface area (TPSA) is 76.2 Å². The Balaban J connectivity index is 1.44. The summed E-state index contributed by atoms with van der Waals surface area (Å²) in [5, 5.41) is 12.2. The van der Waals surface area contributed by atoms with Gasteiger partial charge in [-0.2, -0.15) is 0 Å². The number of hydrogen-bond acceptors (Lipinski definition) is 6. The molecule has 4 rings (SSSR count). The first-order valence-corrected chi connectivity index (χ1v) is 9.87. The third-order valence-electron chi connectivity index (χ3n) is 4.64. The SMILES string of the molecule is CCn1c(SCC(=O)Nc2cccc3c2N(C)CC3)nnc1-c1ccoc1. The largest absolute Gasteiger partial charge is 0.472 e. The number of anilines is 2. The van der Waals surface area contributed by atoms with Crippen LogP contribution < -0.4 is 10.2 Å². The van der Waals surface area contributed by atoms with Crippen molar-refractivity contribution < 1.29 is 9.21 Å². The second kappa shape index (κ2) is 7.48. The highest BCUT2D eigenvalue weighted by Crippen LogP contribution is 2.34. The van der Waals surface area contributed by atoms with Crippen LogP contribution in [0.25, 0.3) is 11.4 Å². The van der Waals surface area contributed by atoms with Gasteiger partial charge in [-0.3, -0.25) is 4.79 Å². The molecule has 0 atom stereocenters. The number of hydrogen-bond donors (Lipinski definition) is 1. The van der Waals surface area contributed by atoms with Crippen LogP contribution in [0.3, 0.4) is 0 Å². The molecule has 1 aliphatic rings. The van der Waals surface area contributed by atoms with Gasteiger partial charge in [-0.1, -0.05) is 23.9 Å². The molecule has 0 saturated carbocycles. The Morgan fingerprint density at radius 2 is 2.22 bits per heavy atom.